The molecule has 0 radical (unpaired) electrons. The van der Waals surface area contributed by atoms with E-state index in [1.165, 1.54) is 0 Å². The molecule has 3 N–H and O–H groups in total. The molecule has 15 heteroatoms. The summed E-state index contributed by atoms with van der Waals surface area (Å²) in [6.07, 6.45) is 10.8. The zero-order valence-electron chi connectivity index (χ0n) is 39.6. The van der Waals surface area contributed by atoms with Crippen molar-refractivity contribution in [2.45, 2.75) is 50.2 Å². The van der Waals surface area contributed by atoms with Crippen LogP contribution in [-0.2, 0) is 6.61 Å². The number of imidazole rings is 2. The minimum Gasteiger partial charge on any atom is -0.497 e. The molecular weight excluding hydrogens is 893 g/mol. The molecule has 0 bridgehead atoms. The van der Waals surface area contributed by atoms with Crippen LogP contribution < -0.4 is 20.1 Å². The van der Waals surface area contributed by atoms with Crippen LogP contribution in [0.2, 0.25) is 0 Å². The second-order valence-corrected chi connectivity index (χ2v) is 18.2. The number of carbonyl (C=O) groups is 2. The van der Waals surface area contributed by atoms with E-state index in [9.17, 15) is 14.7 Å². The number of piperidine rings is 2. The maximum absolute atomic E-state index is 14.7. The van der Waals surface area contributed by atoms with Crippen LogP contribution in [0.15, 0.2) is 158 Å². The first-order chi connectivity index (χ1) is 34.8. The number of aliphatic hydroxyl groups excluding tert-OH is 1. The van der Waals surface area contributed by atoms with Crippen molar-refractivity contribution in [2.24, 2.45) is 0 Å². The molecule has 0 saturated carbocycles. The number of nitrogens with one attached hydrogen (secondary N) is 2. The van der Waals surface area contributed by atoms with Crippen molar-refractivity contribution in [3.05, 3.63) is 181 Å². The Hall–Kier alpha value is -8.43. The largest absolute Gasteiger partial charge is 0.497 e. The van der Waals surface area contributed by atoms with E-state index in [1.807, 2.05) is 138 Å². The third kappa shape index (κ3) is 8.91. The van der Waals surface area contributed by atoms with Gasteiger partial charge in [-0.05, 0) is 116 Å². The molecule has 4 aromatic carbocycles. The Morgan fingerprint density at radius 1 is 0.662 bits per heavy atom. The van der Waals surface area contributed by atoms with Crippen molar-refractivity contribution in [1.82, 2.24) is 38.3 Å². The molecule has 71 heavy (non-hydrogen) atoms. The number of carbonyl (C=O) groups excluding carboxylic acids is 2. The summed E-state index contributed by atoms with van der Waals surface area (Å²) < 4.78 is 17.9. The standard InChI is InChI=1S/C56H54N10O5/c1-70-45-12-7-10-38(32-45)51-48-13-3-6-30-64(48)54(60-51)41-18-26-47(65(35-41)56(69)59-42-19-15-37(36-67)16-20-42)46-25-17-39(33-50(46)71-2)52-49-14-4-5-29-63(49)53(61-52)40-11-8-28-62(34-40)55(68)58-43-21-23-44(24-22-43)66-31-9-27-57-66/h3-7,9-10,12-17,19-25,27,29-33,40-41,47,67H,8,11,18,26,28,34-36H2,1-2H3,(H,58,68)(H,59,69)/t40-,41-,47?/m1/s1. The number of likely N-dealkylation sites (tertiary alicyclic amines) is 2. The van der Waals surface area contributed by atoms with Gasteiger partial charge in [-0.15, -0.1) is 0 Å². The second kappa shape index (κ2) is 19.5. The van der Waals surface area contributed by atoms with Gasteiger partial charge in [-0.3, -0.25) is 0 Å². The lowest BCUT2D eigenvalue weighted by atomic mass is 9.87. The van der Waals surface area contributed by atoms with Crippen molar-refractivity contribution in [3.8, 4) is 39.7 Å². The van der Waals surface area contributed by atoms with Crippen molar-refractivity contribution >= 4 is 34.5 Å². The maximum Gasteiger partial charge on any atom is 0.322 e. The van der Waals surface area contributed by atoms with Gasteiger partial charge in [0.2, 0.25) is 0 Å². The molecule has 2 saturated heterocycles. The summed E-state index contributed by atoms with van der Waals surface area (Å²) in [5.74, 6) is 3.09. The summed E-state index contributed by atoms with van der Waals surface area (Å²) >= 11 is 0. The van der Waals surface area contributed by atoms with E-state index in [0.717, 1.165) is 92.7 Å². The van der Waals surface area contributed by atoms with Gasteiger partial charge in [-0.25, -0.2) is 24.2 Å². The predicted octanol–water partition coefficient (Wildman–Crippen LogP) is 10.6. The van der Waals surface area contributed by atoms with Gasteiger partial charge in [0.25, 0.3) is 0 Å². The first-order valence-electron chi connectivity index (χ1n) is 24.1. The highest BCUT2D eigenvalue weighted by Gasteiger charge is 2.37. The number of fused-ring (bicyclic) bond motifs is 2. The van der Waals surface area contributed by atoms with Gasteiger partial charge in [0.1, 0.15) is 23.1 Å². The third-order valence-corrected chi connectivity index (χ3v) is 13.9. The fourth-order valence-electron chi connectivity index (χ4n) is 10.3. The molecular formula is C56H54N10O5. The first kappa shape index (κ1) is 45.0. The van der Waals surface area contributed by atoms with E-state index >= 15 is 0 Å². The van der Waals surface area contributed by atoms with Crippen molar-refractivity contribution in [3.63, 3.8) is 0 Å². The summed E-state index contributed by atoms with van der Waals surface area (Å²) in [7, 11) is 3.33. The van der Waals surface area contributed by atoms with Crippen LogP contribution >= 0.6 is 0 Å². The highest BCUT2D eigenvalue weighted by Crippen LogP contribution is 2.44. The minimum absolute atomic E-state index is 0.00223. The summed E-state index contributed by atoms with van der Waals surface area (Å²) in [6.45, 7) is 1.48. The molecule has 358 valence electrons. The number of aliphatic hydroxyl groups is 1. The van der Waals surface area contributed by atoms with Gasteiger partial charge in [0, 0.05) is 84.3 Å². The van der Waals surface area contributed by atoms with E-state index < -0.39 is 0 Å². The van der Waals surface area contributed by atoms with Crippen molar-refractivity contribution in [2.75, 3.05) is 44.5 Å². The zero-order valence-corrected chi connectivity index (χ0v) is 39.6. The number of pyridine rings is 2. The second-order valence-electron chi connectivity index (χ2n) is 18.2. The zero-order chi connectivity index (χ0) is 48.4. The molecule has 3 atom stereocenters. The first-order valence-corrected chi connectivity index (χ1v) is 24.1. The summed E-state index contributed by atoms with van der Waals surface area (Å²) in [6, 6.07) is 42.3. The fourth-order valence-corrected chi connectivity index (χ4v) is 10.3. The Morgan fingerprint density at radius 3 is 2.00 bits per heavy atom. The van der Waals surface area contributed by atoms with Gasteiger partial charge < -0.3 is 43.8 Å². The Morgan fingerprint density at radius 2 is 1.34 bits per heavy atom. The van der Waals surface area contributed by atoms with Crippen LogP contribution in [0.25, 0.3) is 39.2 Å². The number of ether oxygens (including phenoxy) is 2. The molecule has 0 spiro atoms. The third-order valence-electron chi connectivity index (χ3n) is 13.9. The number of hydrogen-bond acceptors (Lipinski definition) is 8. The van der Waals surface area contributed by atoms with Crippen LogP contribution in [0.3, 0.4) is 0 Å². The Bertz CT molecular complexity index is 3350. The molecule has 1 unspecified atom stereocenters. The topological polar surface area (TPSA) is 156 Å². The normalized spacial score (nSPS) is 17.1. The van der Waals surface area contributed by atoms with Crippen molar-refractivity contribution < 1.29 is 24.2 Å². The summed E-state index contributed by atoms with van der Waals surface area (Å²) in [4.78, 5) is 42.8. The highest BCUT2D eigenvalue weighted by atomic mass is 16.5. The van der Waals surface area contributed by atoms with Gasteiger partial charge >= 0.3 is 12.1 Å². The Balaban J connectivity index is 0.881. The van der Waals surface area contributed by atoms with Gasteiger partial charge in [0.15, 0.2) is 0 Å². The van der Waals surface area contributed by atoms with Crippen LogP contribution in [0.5, 0.6) is 11.5 Å². The monoisotopic (exact) mass is 946 g/mol. The van der Waals surface area contributed by atoms with E-state index in [0.29, 0.717) is 37.5 Å². The Kier molecular flexibility index (Phi) is 12.4. The molecule has 0 aliphatic carbocycles. The lowest BCUT2D eigenvalue weighted by Gasteiger charge is -2.40. The maximum atomic E-state index is 14.7. The number of urea groups is 2. The van der Waals surface area contributed by atoms with Crippen LogP contribution in [0.1, 0.15) is 66.3 Å². The minimum atomic E-state index is -0.334. The van der Waals surface area contributed by atoms with Crippen LogP contribution in [0.4, 0.5) is 21.0 Å². The molecule has 5 aromatic heterocycles. The summed E-state index contributed by atoms with van der Waals surface area (Å²) in [5.41, 5.74) is 9.32. The molecule has 2 aliphatic rings. The smallest absolute Gasteiger partial charge is 0.322 e. The van der Waals surface area contributed by atoms with Crippen molar-refractivity contribution in [1.29, 1.82) is 0 Å². The number of rotatable bonds is 11. The average molecular weight is 947 g/mol. The predicted molar refractivity (Wildman–Crippen MR) is 273 cm³/mol. The van der Waals surface area contributed by atoms with E-state index in [-0.39, 0.29) is 36.5 Å². The van der Waals surface area contributed by atoms with Gasteiger partial charge in [0.05, 0.1) is 55.0 Å². The van der Waals surface area contributed by atoms with Gasteiger partial charge in [-0.1, -0.05) is 48.5 Å². The number of amides is 4. The molecule has 11 rings (SSSR count). The highest BCUT2D eigenvalue weighted by molar-refractivity contribution is 5.91. The molecule has 4 amide bonds. The lowest BCUT2D eigenvalue weighted by Crippen LogP contribution is -2.44. The molecule has 7 heterocycles. The quantitative estimate of drug-likeness (QED) is 0.116. The van der Waals surface area contributed by atoms with Crippen LogP contribution in [-0.4, -0.2) is 89.4 Å². The number of hydrogen-bond donors (Lipinski definition) is 3. The average Bonchev–Trinajstić information content (AvgIpc) is 4.20. The van der Waals surface area contributed by atoms with E-state index in [1.54, 1.807) is 25.1 Å². The van der Waals surface area contributed by atoms with E-state index in [2.05, 4.69) is 48.8 Å². The van der Waals surface area contributed by atoms with Gasteiger partial charge in [-0.2, -0.15) is 5.10 Å². The number of methoxy groups -OCH3 is 2. The summed E-state index contributed by atoms with van der Waals surface area (Å²) in [5, 5.41) is 20.2. The number of nitrogens with zero attached hydrogens (tertiary/aromatic N) is 8. The molecule has 15 nitrogen and oxygen atoms in total. The number of aromatic nitrogens is 6. The molecule has 2 fully saturated rings. The molecule has 2 aliphatic heterocycles. The Labute approximate surface area is 410 Å². The van der Waals surface area contributed by atoms with Crippen LogP contribution in [0, 0.1) is 0 Å². The molecule has 9 aromatic rings. The fraction of sp³-hybridized carbons (Fsp3) is 0.232. The number of benzene rings is 4. The SMILES string of the molecule is COc1cccc(-c2nc([C@@H]3CCC(c4ccc(-c5nc([C@@H]6CCCN(C(=O)Nc7ccc(-n8cccn8)cc7)C6)n6ccccc56)cc4OC)N(C(=O)Nc4ccc(CO)cc4)C3)n3ccccc23)c1. The number of anilines is 2. The lowest BCUT2D eigenvalue weighted by molar-refractivity contribution is 0.149. The van der Waals surface area contributed by atoms with E-state index in [4.69, 9.17) is 19.4 Å².